The van der Waals surface area contributed by atoms with Gasteiger partial charge in [0.15, 0.2) is 5.58 Å². The van der Waals surface area contributed by atoms with Crippen molar-refractivity contribution in [3.63, 3.8) is 0 Å². The monoisotopic (exact) mass is 717 g/mol. The second-order valence-electron chi connectivity index (χ2n) is 15.6. The van der Waals surface area contributed by atoms with Crippen LogP contribution in [0.4, 0.5) is 17.1 Å². The van der Waals surface area contributed by atoms with E-state index >= 15 is 0 Å². The third-order valence-corrected chi connectivity index (χ3v) is 12.2. The summed E-state index contributed by atoms with van der Waals surface area (Å²) in [6.45, 7) is 4.70. The predicted octanol–water partition coefficient (Wildman–Crippen LogP) is 15.2. The maximum Gasteiger partial charge on any atom is 0.159 e. The maximum atomic E-state index is 7.13. The molecule has 264 valence electrons. The summed E-state index contributed by atoms with van der Waals surface area (Å²) in [7, 11) is 0. The van der Waals surface area contributed by atoms with E-state index in [2.05, 4.69) is 176 Å². The third kappa shape index (κ3) is 4.34. The molecule has 3 nitrogen and oxygen atoms in total. The van der Waals surface area contributed by atoms with Crippen molar-refractivity contribution in [1.29, 1.82) is 0 Å². The largest absolute Gasteiger partial charge is 0.456 e. The summed E-state index contributed by atoms with van der Waals surface area (Å²) in [4.78, 5) is 2.44. The van der Waals surface area contributed by atoms with E-state index in [1.807, 2.05) is 18.2 Å². The molecule has 0 aliphatic heterocycles. The van der Waals surface area contributed by atoms with E-state index in [0.717, 1.165) is 66.5 Å². The molecule has 0 fully saturated rings. The molecular weight excluding hydrogens is 683 g/mol. The third-order valence-electron chi connectivity index (χ3n) is 12.2. The second kappa shape index (κ2) is 11.5. The highest BCUT2D eigenvalue weighted by atomic mass is 16.3. The first kappa shape index (κ1) is 31.3. The van der Waals surface area contributed by atoms with Gasteiger partial charge in [0.1, 0.15) is 16.7 Å². The van der Waals surface area contributed by atoms with Gasteiger partial charge in [0, 0.05) is 38.0 Å². The van der Waals surface area contributed by atoms with Crippen molar-refractivity contribution >= 4 is 82.5 Å². The molecule has 2 heterocycles. The van der Waals surface area contributed by atoms with Gasteiger partial charge >= 0.3 is 0 Å². The Balaban J connectivity index is 1.23. The average Bonchev–Trinajstić information content (AvgIpc) is 3.88. The molecule has 0 amide bonds. The van der Waals surface area contributed by atoms with Crippen molar-refractivity contribution in [1.82, 2.24) is 0 Å². The van der Waals surface area contributed by atoms with E-state index in [1.165, 1.54) is 49.4 Å². The second-order valence-corrected chi connectivity index (χ2v) is 15.6. The molecule has 9 aromatic carbocycles. The molecule has 1 aliphatic rings. The van der Waals surface area contributed by atoms with Gasteiger partial charge in [-0.2, -0.15) is 0 Å². The van der Waals surface area contributed by atoms with Crippen molar-refractivity contribution in [2.24, 2.45) is 0 Å². The van der Waals surface area contributed by atoms with Gasteiger partial charge in [0.05, 0.1) is 11.4 Å². The zero-order valence-electron chi connectivity index (χ0n) is 31.0. The molecule has 0 bridgehead atoms. The van der Waals surface area contributed by atoms with E-state index < -0.39 is 0 Å². The Morgan fingerprint density at radius 3 is 1.89 bits per heavy atom. The Labute approximate surface area is 323 Å². The summed E-state index contributed by atoms with van der Waals surface area (Å²) in [5, 5.41) is 9.04. The smallest absolute Gasteiger partial charge is 0.159 e. The van der Waals surface area contributed by atoms with Crippen molar-refractivity contribution in [3.05, 3.63) is 187 Å². The van der Waals surface area contributed by atoms with Crippen LogP contribution in [0.25, 0.3) is 87.7 Å². The first-order valence-electron chi connectivity index (χ1n) is 19.3. The quantitative estimate of drug-likeness (QED) is 0.182. The lowest BCUT2D eigenvalue weighted by atomic mass is 9.82. The standard InChI is InChI=1S/C53H35NO2/c1-53(2)43-22-9-7-19-39(43)40-26-25-35(31-44(40)53)54(45-23-12-16-33-14-4-6-18-38(33)45)46-30-34(37-21-11-15-32-13-3-5-17-36(32)37)29-42-51-49(56-52(42)46)28-27-48-50(51)41-20-8-10-24-47(41)55-48/h3-31H,1-2H3. The number of rotatable bonds is 4. The van der Waals surface area contributed by atoms with E-state index in [9.17, 15) is 0 Å². The minimum absolute atomic E-state index is 0.167. The summed E-state index contributed by atoms with van der Waals surface area (Å²) in [5.74, 6) is 0. The molecule has 0 spiro atoms. The summed E-state index contributed by atoms with van der Waals surface area (Å²) in [6.07, 6.45) is 0. The summed E-state index contributed by atoms with van der Waals surface area (Å²) >= 11 is 0. The molecule has 0 unspecified atom stereocenters. The van der Waals surface area contributed by atoms with E-state index in [-0.39, 0.29) is 5.41 Å². The Bertz CT molecular complexity index is 3410. The number of benzene rings is 9. The van der Waals surface area contributed by atoms with Gasteiger partial charge < -0.3 is 13.7 Å². The van der Waals surface area contributed by atoms with Crippen molar-refractivity contribution in [2.75, 3.05) is 4.90 Å². The summed E-state index contributed by atoms with van der Waals surface area (Å²) in [5.41, 5.74) is 13.9. The van der Waals surface area contributed by atoms with E-state index in [1.54, 1.807) is 0 Å². The zero-order chi connectivity index (χ0) is 37.1. The number of furan rings is 2. The fourth-order valence-electron chi connectivity index (χ4n) is 9.61. The highest BCUT2D eigenvalue weighted by Crippen LogP contribution is 2.53. The fourth-order valence-corrected chi connectivity index (χ4v) is 9.61. The molecular formula is C53H35NO2. The van der Waals surface area contributed by atoms with Gasteiger partial charge in [-0.05, 0) is 98.1 Å². The van der Waals surface area contributed by atoms with Crippen LogP contribution in [0.5, 0.6) is 0 Å². The van der Waals surface area contributed by atoms with Crippen molar-refractivity contribution < 1.29 is 8.83 Å². The van der Waals surface area contributed by atoms with Crippen LogP contribution in [0.3, 0.4) is 0 Å². The molecule has 0 radical (unpaired) electrons. The van der Waals surface area contributed by atoms with Crippen LogP contribution in [-0.4, -0.2) is 0 Å². The number of anilines is 3. The number of nitrogens with zero attached hydrogens (tertiary/aromatic N) is 1. The molecule has 0 atom stereocenters. The molecule has 0 N–H and O–H groups in total. The number of hydrogen-bond donors (Lipinski definition) is 0. The molecule has 56 heavy (non-hydrogen) atoms. The first-order chi connectivity index (χ1) is 27.5. The molecule has 2 aromatic heterocycles. The van der Waals surface area contributed by atoms with Gasteiger partial charge in [-0.15, -0.1) is 0 Å². The van der Waals surface area contributed by atoms with Gasteiger partial charge in [0.25, 0.3) is 0 Å². The Morgan fingerprint density at radius 1 is 0.411 bits per heavy atom. The van der Waals surface area contributed by atoms with Gasteiger partial charge in [-0.3, -0.25) is 0 Å². The number of hydrogen-bond acceptors (Lipinski definition) is 3. The Hall–Kier alpha value is -7.10. The predicted molar refractivity (Wildman–Crippen MR) is 234 cm³/mol. The lowest BCUT2D eigenvalue weighted by molar-refractivity contribution is 0.660. The molecule has 11 aromatic rings. The van der Waals surface area contributed by atoms with Crippen LogP contribution >= 0.6 is 0 Å². The normalized spacial score (nSPS) is 13.3. The summed E-state index contributed by atoms with van der Waals surface area (Å²) in [6, 6.07) is 63.6. The lowest BCUT2D eigenvalue weighted by Gasteiger charge is -2.29. The highest BCUT2D eigenvalue weighted by Gasteiger charge is 2.36. The lowest BCUT2D eigenvalue weighted by Crippen LogP contribution is -2.16. The number of para-hydroxylation sites is 1. The highest BCUT2D eigenvalue weighted by molar-refractivity contribution is 6.27. The van der Waals surface area contributed by atoms with Crippen molar-refractivity contribution in [2.45, 2.75) is 19.3 Å². The number of fused-ring (bicyclic) bond motifs is 12. The van der Waals surface area contributed by atoms with Crippen LogP contribution in [0.1, 0.15) is 25.0 Å². The zero-order valence-corrected chi connectivity index (χ0v) is 31.0. The molecule has 12 rings (SSSR count). The Morgan fingerprint density at radius 2 is 1.04 bits per heavy atom. The average molecular weight is 718 g/mol. The van der Waals surface area contributed by atoms with Crippen LogP contribution in [-0.2, 0) is 5.41 Å². The maximum absolute atomic E-state index is 7.13. The van der Waals surface area contributed by atoms with E-state index in [4.69, 9.17) is 8.83 Å². The topological polar surface area (TPSA) is 29.5 Å². The SMILES string of the molecule is CC1(C)c2ccccc2-c2ccc(N(c3cccc4ccccc34)c3cc(-c4cccc5ccccc45)cc4c3oc3ccc5oc6ccccc6c5c34)cc21. The van der Waals surface area contributed by atoms with E-state index in [0.29, 0.717) is 0 Å². The van der Waals surface area contributed by atoms with Crippen LogP contribution in [0.15, 0.2) is 185 Å². The minimum atomic E-state index is -0.167. The minimum Gasteiger partial charge on any atom is -0.456 e. The molecule has 0 saturated carbocycles. The molecule has 0 saturated heterocycles. The van der Waals surface area contributed by atoms with Gasteiger partial charge in [-0.1, -0.05) is 141 Å². The first-order valence-corrected chi connectivity index (χ1v) is 19.3. The fraction of sp³-hybridized carbons (Fsp3) is 0.0566. The van der Waals surface area contributed by atoms with Crippen LogP contribution in [0.2, 0.25) is 0 Å². The van der Waals surface area contributed by atoms with Gasteiger partial charge in [-0.25, -0.2) is 0 Å². The summed E-state index contributed by atoms with van der Waals surface area (Å²) < 4.78 is 13.6. The molecule has 1 aliphatic carbocycles. The van der Waals surface area contributed by atoms with Crippen LogP contribution < -0.4 is 4.90 Å². The van der Waals surface area contributed by atoms with Gasteiger partial charge in [0.2, 0.25) is 0 Å². The van der Waals surface area contributed by atoms with Crippen molar-refractivity contribution in [3.8, 4) is 22.3 Å². The Kier molecular flexibility index (Phi) is 6.40. The van der Waals surface area contributed by atoms with Crippen LogP contribution in [0, 0.1) is 0 Å². The molecule has 3 heteroatoms.